The minimum Gasteiger partial charge on any atom is -0.454 e. The number of ether oxygens (including phenoxy) is 2. The summed E-state index contributed by atoms with van der Waals surface area (Å²) in [5.41, 5.74) is 1.12. The fraction of sp³-hybridized carbons (Fsp3) is 0.111. The van der Waals surface area contributed by atoms with Crippen molar-refractivity contribution in [1.29, 1.82) is 0 Å². The number of amides is 1. The Labute approximate surface area is 137 Å². The Kier molecular flexibility index (Phi) is 3.23. The molecule has 0 saturated carbocycles. The van der Waals surface area contributed by atoms with Gasteiger partial charge in [0, 0.05) is 30.4 Å². The van der Waals surface area contributed by atoms with Crippen LogP contribution in [0.2, 0.25) is 0 Å². The van der Waals surface area contributed by atoms with E-state index in [0.29, 0.717) is 22.6 Å². The molecule has 2 aromatic carbocycles. The number of hydrogen-bond donors (Lipinski definition) is 1. The molecule has 0 unspecified atom stereocenters. The topological polar surface area (TPSA) is 69.6 Å². The number of nitrogens with one attached hydrogen (secondary N) is 1. The molecule has 0 radical (unpaired) electrons. The lowest BCUT2D eigenvalue weighted by atomic mass is 10.1. The van der Waals surface area contributed by atoms with E-state index in [4.69, 9.17) is 9.47 Å². The van der Waals surface area contributed by atoms with Crippen molar-refractivity contribution in [2.45, 2.75) is 0 Å². The molecular weight excluding hydrogens is 308 g/mol. The Balaban J connectivity index is 1.71. The minimum absolute atomic E-state index is 0.0915. The molecule has 24 heavy (non-hydrogen) atoms. The van der Waals surface area contributed by atoms with Gasteiger partial charge >= 0.3 is 0 Å². The van der Waals surface area contributed by atoms with E-state index in [-0.39, 0.29) is 17.8 Å². The third-order valence-corrected chi connectivity index (χ3v) is 3.97. The second kappa shape index (κ2) is 5.42. The lowest BCUT2D eigenvalue weighted by molar-refractivity contribution is 0.102. The van der Waals surface area contributed by atoms with Gasteiger partial charge in [-0.3, -0.25) is 9.59 Å². The zero-order chi connectivity index (χ0) is 16.7. The molecule has 1 N–H and O–H groups in total. The standard InChI is InChI=1S/C18H14N2O4/c1-20-9-13(17(21)12-4-2-3-5-14(12)20)18(22)19-11-6-7-15-16(8-11)24-10-23-15/h2-9H,10H2,1H3,(H,19,22). The smallest absolute Gasteiger partial charge is 0.261 e. The highest BCUT2D eigenvalue weighted by Gasteiger charge is 2.17. The van der Waals surface area contributed by atoms with Crippen LogP contribution in [-0.2, 0) is 7.05 Å². The van der Waals surface area contributed by atoms with Crippen molar-refractivity contribution in [2.24, 2.45) is 7.05 Å². The summed E-state index contributed by atoms with van der Waals surface area (Å²) >= 11 is 0. The van der Waals surface area contributed by atoms with Crippen molar-refractivity contribution in [1.82, 2.24) is 4.57 Å². The first-order valence-corrected chi connectivity index (χ1v) is 7.43. The molecule has 6 heteroatoms. The highest BCUT2D eigenvalue weighted by atomic mass is 16.7. The maximum atomic E-state index is 12.6. The predicted molar refractivity (Wildman–Crippen MR) is 89.7 cm³/mol. The molecule has 0 spiro atoms. The molecule has 6 nitrogen and oxygen atoms in total. The fourth-order valence-electron chi connectivity index (χ4n) is 2.77. The van der Waals surface area contributed by atoms with Gasteiger partial charge in [-0.15, -0.1) is 0 Å². The van der Waals surface area contributed by atoms with Crippen LogP contribution in [0.15, 0.2) is 53.5 Å². The number of aromatic nitrogens is 1. The summed E-state index contributed by atoms with van der Waals surface area (Å²) < 4.78 is 12.3. The SMILES string of the molecule is Cn1cc(C(=O)Nc2ccc3c(c2)OCO3)c(=O)c2ccccc21. The fourth-order valence-corrected chi connectivity index (χ4v) is 2.77. The first kappa shape index (κ1) is 14.3. The molecule has 1 amide bonds. The summed E-state index contributed by atoms with van der Waals surface area (Å²) in [4.78, 5) is 25.1. The first-order valence-electron chi connectivity index (χ1n) is 7.43. The van der Waals surface area contributed by atoms with Gasteiger partial charge in [-0.05, 0) is 24.3 Å². The molecular formula is C18H14N2O4. The molecule has 1 aromatic heterocycles. The molecule has 4 rings (SSSR count). The summed E-state index contributed by atoms with van der Waals surface area (Å²) in [6.45, 7) is 0.165. The maximum absolute atomic E-state index is 12.6. The normalized spacial score (nSPS) is 12.4. The van der Waals surface area contributed by atoms with Crippen LogP contribution in [0, 0.1) is 0 Å². The second-order valence-corrected chi connectivity index (χ2v) is 5.52. The number of hydrogen-bond acceptors (Lipinski definition) is 4. The highest BCUT2D eigenvalue weighted by Crippen LogP contribution is 2.34. The number of carbonyl (C=O) groups excluding carboxylic acids is 1. The van der Waals surface area contributed by atoms with Crippen molar-refractivity contribution in [2.75, 3.05) is 12.1 Å². The molecule has 1 aliphatic rings. The molecule has 2 heterocycles. The minimum atomic E-state index is -0.458. The van der Waals surface area contributed by atoms with Gasteiger partial charge < -0.3 is 19.4 Å². The van der Waals surface area contributed by atoms with Crippen LogP contribution >= 0.6 is 0 Å². The van der Waals surface area contributed by atoms with Crippen LogP contribution in [0.4, 0.5) is 5.69 Å². The zero-order valence-electron chi connectivity index (χ0n) is 12.9. The Bertz CT molecular complexity index is 1020. The van der Waals surface area contributed by atoms with Gasteiger partial charge in [0.05, 0.1) is 5.52 Å². The van der Waals surface area contributed by atoms with Crippen LogP contribution in [0.1, 0.15) is 10.4 Å². The number of carbonyl (C=O) groups is 1. The number of aryl methyl sites for hydroxylation is 1. The summed E-state index contributed by atoms with van der Waals surface area (Å²) in [5, 5.41) is 3.25. The summed E-state index contributed by atoms with van der Waals surface area (Å²) in [5.74, 6) is 0.744. The Morgan fingerprint density at radius 1 is 1.12 bits per heavy atom. The van der Waals surface area contributed by atoms with Gasteiger partial charge in [0.1, 0.15) is 5.56 Å². The van der Waals surface area contributed by atoms with Gasteiger partial charge in [0.2, 0.25) is 12.2 Å². The third kappa shape index (κ3) is 2.28. The van der Waals surface area contributed by atoms with Gasteiger partial charge in [0.25, 0.3) is 5.91 Å². The molecule has 0 saturated heterocycles. The first-order chi connectivity index (χ1) is 11.6. The summed E-state index contributed by atoms with van der Waals surface area (Å²) in [7, 11) is 1.80. The van der Waals surface area contributed by atoms with E-state index < -0.39 is 5.91 Å². The van der Waals surface area contributed by atoms with E-state index in [0.717, 1.165) is 5.52 Å². The van der Waals surface area contributed by atoms with Crippen molar-refractivity contribution >= 4 is 22.5 Å². The summed E-state index contributed by atoms with van der Waals surface area (Å²) in [6, 6.07) is 12.3. The van der Waals surface area contributed by atoms with Crippen LogP contribution in [0.3, 0.4) is 0 Å². The quantitative estimate of drug-likeness (QED) is 0.787. The van der Waals surface area contributed by atoms with E-state index >= 15 is 0 Å². The van der Waals surface area contributed by atoms with Gasteiger partial charge in [-0.1, -0.05) is 12.1 Å². The zero-order valence-corrected chi connectivity index (χ0v) is 12.9. The lowest BCUT2D eigenvalue weighted by Gasteiger charge is -2.10. The average molecular weight is 322 g/mol. The molecule has 0 aliphatic carbocycles. The Morgan fingerprint density at radius 3 is 2.79 bits per heavy atom. The number of fused-ring (bicyclic) bond motifs is 2. The van der Waals surface area contributed by atoms with Crippen LogP contribution < -0.4 is 20.2 Å². The molecule has 0 bridgehead atoms. The number of anilines is 1. The number of para-hydroxylation sites is 1. The monoisotopic (exact) mass is 322 g/mol. The molecule has 0 atom stereocenters. The maximum Gasteiger partial charge on any atom is 0.261 e. The Hall–Kier alpha value is -3.28. The number of pyridine rings is 1. The van der Waals surface area contributed by atoms with E-state index in [2.05, 4.69) is 5.32 Å². The van der Waals surface area contributed by atoms with Crippen LogP contribution in [0.5, 0.6) is 11.5 Å². The van der Waals surface area contributed by atoms with Gasteiger partial charge in [-0.2, -0.15) is 0 Å². The number of benzene rings is 2. The third-order valence-electron chi connectivity index (χ3n) is 3.97. The lowest BCUT2D eigenvalue weighted by Crippen LogP contribution is -2.23. The van der Waals surface area contributed by atoms with E-state index in [1.54, 1.807) is 48.1 Å². The predicted octanol–water partition coefficient (Wildman–Crippen LogP) is 2.52. The van der Waals surface area contributed by atoms with Crippen LogP contribution in [-0.4, -0.2) is 17.3 Å². The summed E-state index contributed by atoms with van der Waals surface area (Å²) in [6.07, 6.45) is 1.55. The number of rotatable bonds is 2. The van der Waals surface area contributed by atoms with Crippen molar-refractivity contribution in [3.63, 3.8) is 0 Å². The van der Waals surface area contributed by atoms with E-state index in [1.165, 1.54) is 0 Å². The van der Waals surface area contributed by atoms with Crippen LogP contribution in [0.25, 0.3) is 10.9 Å². The highest BCUT2D eigenvalue weighted by molar-refractivity contribution is 6.05. The van der Waals surface area contributed by atoms with E-state index in [9.17, 15) is 9.59 Å². The van der Waals surface area contributed by atoms with Crippen molar-refractivity contribution < 1.29 is 14.3 Å². The average Bonchev–Trinajstić information content (AvgIpc) is 3.06. The van der Waals surface area contributed by atoms with Crippen molar-refractivity contribution in [3.05, 3.63) is 64.4 Å². The Morgan fingerprint density at radius 2 is 1.92 bits per heavy atom. The molecule has 1 aliphatic heterocycles. The second-order valence-electron chi connectivity index (χ2n) is 5.52. The number of nitrogens with zero attached hydrogens (tertiary/aromatic N) is 1. The molecule has 3 aromatic rings. The van der Waals surface area contributed by atoms with Gasteiger partial charge in [0.15, 0.2) is 11.5 Å². The van der Waals surface area contributed by atoms with Gasteiger partial charge in [-0.25, -0.2) is 0 Å². The van der Waals surface area contributed by atoms with Crippen molar-refractivity contribution in [3.8, 4) is 11.5 Å². The molecule has 120 valence electrons. The molecule has 0 fully saturated rings. The van der Waals surface area contributed by atoms with E-state index in [1.807, 2.05) is 12.1 Å². The largest absolute Gasteiger partial charge is 0.454 e.